The third-order valence-electron chi connectivity index (χ3n) is 3.15. The molecule has 0 saturated heterocycles. The lowest BCUT2D eigenvalue weighted by atomic mass is 9.83. The maximum absolute atomic E-state index is 12.9. The first kappa shape index (κ1) is 16.1. The summed E-state index contributed by atoms with van der Waals surface area (Å²) in [4.78, 5) is 23.1. The summed E-state index contributed by atoms with van der Waals surface area (Å²) >= 11 is 0. The molecule has 0 fully saturated rings. The van der Waals surface area contributed by atoms with E-state index in [1.165, 1.54) is 24.3 Å². The number of benzene rings is 1. The van der Waals surface area contributed by atoms with E-state index in [0.717, 1.165) is 0 Å². The van der Waals surface area contributed by atoms with E-state index in [-0.39, 0.29) is 13.0 Å². The van der Waals surface area contributed by atoms with E-state index < -0.39 is 29.2 Å². The molecular weight excluding hydrogens is 265 g/mol. The fourth-order valence-corrected chi connectivity index (χ4v) is 1.72. The molecule has 0 bridgehead atoms. The van der Waals surface area contributed by atoms with Crippen molar-refractivity contribution < 1.29 is 24.2 Å². The molecule has 0 aromatic heterocycles. The van der Waals surface area contributed by atoms with Gasteiger partial charge in [-0.2, -0.15) is 0 Å². The first-order chi connectivity index (χ1) is 9.28. The number of rotatable bonds is 6. The summed E-state index contributed by atoms with van der Waals surface area (Å²) in [6, 6.07) is 4.31. The Morgan fingerprint density at radius 1 is 1.30 bits per heavy atom. The van der Waals surface area contributed by atoms with Crippen molar-refractivity contribution in [3.8, 4) is 0 Å². The lowest BCUT2D eigenvalue weighted by Crippen LogP contribution is -2.48. The van der Waals surface area contributed by atoms with Gasteiger partial charge in [0.1, 0.15) is 11.9 Å². The van der Waals surface area contributed by atoms with Gasteiger partial charge in [-0.1, -0.05) is 12.1 Å². The third-order valence-corrected chi connectivity index (χ3v) is 3.15. The number of carbonyl (C=O) groups is 2. The number of nitrogens with one attached hydrogen (secondary N) is 1. The van der Waals surface area contributed by atoms with E-state index in [9.17, 15) is 14.0 Å². The highest BCUT2D eigenvalue weighted by Gasteiger charge is 2.32. The van der Waals surface area contributed by atoms with Gasteiger partial charge in [0.05, 0.1) is 5.41 Å². The lowest BCUT2D eigenvalue weighted by Gasteiger charge is -2.26. The highest BCUT2D eigenvalue weighted by Crippen LogP contribution is 2.23. The zero-order chi connectivity index (χ0) is 15.3. The van der Waals surface area contributed by atoms with Crippen LogP contribution < -0.4 is 5.32 Å². The lowest BCUT2D eigenvalue weighted by molar-refractivity contribution is -0.143. The van der Waals surface area contributed by atoms with Crippen molar-refractivity contribution >= 4 is 11.9 Å². The van der Waals surface area contributed by atoms with Crippen LogP contribution in [0.1, 0.15) is 25.8 Å². The number of carbonyl (C=O) groups excluding carboxylic acids is 1. The van der Waals surface area contributed by atoms with Gasteiger partial charge in [-0.15, -0.1) is 0 Å². The molecule has 0 aliphatic carbocycles. The zero-order valence-corrected chi connectivity index (χ0v) is 11.4. The molecule has 20 heavy (non-hydrogen) atoms. The van der Waals surface area contributed by atoms with E-state index in [1.807, 2.05) is 0 Å². The van der Waals surface area contributed by atoms with Crippen LogP contribution in [0.5, 0.6) is 0 Å². The quantitative estimate of drug-likeness (QED) is 0.728. The van der Waals surface area contributed by atoms with Crippen LogP contribution >= 0.6 is 0 Å². The topological polar surface area (TPSA) is 86.6 Å². The maximum atomic E-state index is 12.9. The second kappa shape index (κ2) is 6.47. The highest BCUT2D eigenvalue weighted by molar-refractivity contribution is 5.90. The van der Waals surface area contributed by atoms with E-state index in [2.05, 4.69) is 5.32 Å². The Bertz CT molecular complexity index is 484. The predicted molar refractivity (Wildman–Crippen MR) is 70.7 cm³/mol. The molecule has 3 N–H and O–H groups in total. The second-order valence-corrected chi connectivity index (χ2v) is 5.01. The zero-order valence-electron chi connectivity index (χ0n) is 11.4. The molecule has 1 aromatic carbocycles. The van der Waals surface area contributed by atoms with Gasteiger partial charge in [-0.25, -0.2) is 9.18 Å². The summed E-state index contributed by atoms with van der Waals surface area (Å²) in [5.41, 5.74) is -0.429. The van der Waals surface area contributed by atoms with E-state index >= 15 is 0 Å². The number of halogens is 1. The molecule has 5 nitrogen and oxygen atoms in total. The number of aliphatic hydroxyl groups is 1. The van der Waals surface area contributed by atoms with Crippen LogP contribution in [0.25, 0.3) is 0 Å². The average molecular weight is 283 g/mol. The van der Waals surface area contributed by atoms with Gasteiger partial charge in [0, 0.05) is 13.0 Å². The summed E-state index contributed by atoms with van der Waals surface area (Å²) in [5, 5.41) is 20.1. The summed E-state index contributed by atoms with van der Waals surface area (Å²) in [6.45, 7) is 2.90. The molecule has 110 valence electrons. The number of amides is 1. The number of aliphatic hydroxyl groups excluding tert-OH is 1. The van der Waals surface area contributed by atoms with E-state index in [0.29, 0.717) is 5.56 Å². The van der Waals surface area contributed by atoms with Gasteiger partial charge in [-0.3, -0.25) is 4.79 Å². The SMILES string of the molecule is CC(C)(C(=O)NC(CCO)C(=O)O)c1ccc(F)cc1. The Hall–Kier alpha value is -1.95. The van der Waals surface area contributed by atoms with Gasteiger partial charge in [-0.05, 0) is 31.5 Å². The van der Waals surface area contributed by atoms with Crippen molar-refractivity contribution in [1.82, 2.24) is 5.32 Å². The first-order valence-corrected chi connectivity index (χ1v) is 6.19. The molecule has 0 heterocycles. The molecular formula is C14H18FNO4. The number of carboxylic acid groups (broad SMARTS) is 1. The van der Waals surface area contributed by atoms with Crippen molar-refractivity contribution in [3.05, 3.63) is 35.6 Å². The van der Waals surface area contributed by atoms with E-state index in [1.54, 1.807) is 13.8 Å². The average Bonchev–Trinajstić information content (AvgIpc) is 2.38. The maximum Gasteiger partial charge on any atom is 0.326 e. The van der Waals surface area contributed by atoms with Crippen molar-refractivity contribution in [2.24, 2.45) is 0 Å². The van der Waals surface area contributed by atoms with Gasteiger partial charge in [0.15, 0.2) is 0 Å². The van der Waals surface area contributed by atoms with Crippen LogP contribution in [-0.2, 0) is 15.0 Å². The molecule has 1 amide bonds. The van der Waals surface area contributed by atoms with Crippen LogP contribution in [0.2, 0.25) is 0 Å². The van der Waals surface area contributed by atoms with E-state index in [4.69, 9.17) is 10.2 Å². The Kier molecular flexibility index (Phi) is 5.21. The van der Waals surface area contributed by atoms with Gasteiger partial charge >= 0.3 is 5.97 Å². The number of hydrogen-bond acceptors (Lipinski definition) is 3. The standard InChI is InChI=1S/C14H18FNO4/c1-14(2,9-3-5-10(15)6-4-9)13(20)16-11(7-8-17)12(18)19/h3-6,11,17H,7-8H2,1-2H3,(H,16,20)(H,18,19). The largest absolute Gasteiger partial charge is 0.480 e. The molecule has 1 atom stereocenters. The van der Waals surface area contributed by atoms with Crippen LogP contribution in [0.3, 0.4) is 0 Å². The Morgan fingerprint density at radius 3 is 2.30 bits per heavy atom. The van der Waals surface area contributed by atoms with Crippen LogP contribution in [-0.4, -0.2) is 34.7 Å². The normalized spacial score (nSPS) is 12.8. The van der Waals surface area contributed by atoms with Crippen LogP contribution in [0, 0.1) is 5.82 Å². The summed E-state index contributed by atoms with van der Waals surface area (Å²) < 4.78 is 12.9. The van der Waals surface area contributed by atoms with Crippen molar-refractivity contribution in [2.75, 3.05) is 6.61 Å². The summed E-state index contributed by atoms with van der Waals surface area (Å²) in [5.74, 6) is -2.11. The van der Waals surface area contributed by atoms with Crippen molar-refractivity contribution in [3.63, 3.8) is 0 Å². The highest BCUT2D eigenvalue weighted by atomic mass is 19.1. The second-order valence-electron chi connectivity index (χ2n) is 5.01. The summed E-state index contributed by atoms with van der Waals surface area (Å²) in [7, 11) is 0. The molecule has 0 aliphatic rings. The van der Waals surface area contributed by atoms with Crippen molar-refractivity contribution in [2.45, 2.75) is 31.7 Å². The minimum Gasteiger partial charge on any atom is -0.480 e. The fourth-order valence-electron chi connectivity index (χ4n) is 1.72. The minimum atomic E-state index is -1.21. The van der Waals surface area contributed by atoms with Crippen LogP contribution in [0.15, 0.2) is 24.3 Å². The van der Waals surface area contributed by atoms with Gasteiger partial charge in [0.2, 0.25) is 5.91 Å². The number of hydrogen-bond donors (Lipinski definition) is 3. The van der Waals surface area contributed by atoms with Gasteiger partial charge < -0.3 is 15.5 Å². The van der Waals surface area contributed by atoms with Gasteiger partial charge in [0.25, 0.3) is 0 Å². The third kappa shape index (κ3) is 3.77. The molecule has 0 saturated carbocycles. The molecule has 0 aliphatic heterocycles. The Labute approximate surface area is 116 Å². The number of aliphatic carboxylic acids is 1. The monoisotopic (exact) mass is 283 g/mol. The molecule has 0 spiro atoms. The first-order valence-electron chi connectivity index (χ1n) is 6.19. The molecule has 0 radical (unpaired) electrons. The van der Waals surface area contributed by atoms with Crippen molar-refractivity contribution in [1.29, 1.82) is 0 Å². The van der Waals surface area contributed by atoms with Crippen LogP contribution in [0.4, 0.5) is 4.39 Å². The summed E-state index contributed by atoms with van der Waals surface area (Å²) in [6.07, 6.45) is -0.0689. The predicted octanol–water partition coefficient (Wildman–Crippen LogP) is 1.06. The Morgan fingerprint density at radius 2 is 1.85 bits per heavy atom. The molecule has 1 unspecified atom stereocenters. The number of carboxylic acids is 1. The fraction of sp³-hybridized carbons (Fsp3) is 0.429. The smallest absolute Gasteiger partial charge is 0.326 e. The molecule has 1 rings (SSSR count). The molecule has 6 heteroatoms. The molecule has 1 aromatic rings. The Balaban J connectivity index is 2.88. The minimum absolute atomic E-state index is 0.0689.